The van der Waals surface area contributed by atoms with Crippen molar-refractivity contribution in [3.63, 3.8) is 0 Å². The molecule has 0 fully saturated rings. The van der Waals surface area contributed by atoms with Crippen molar-refractivity contribution in [2.75, 3.05) is 26.4 Å². The zero-order valence-electron chi connectivity index (χ0n) is 40.4. The maximum Gasteiger partial charge on any atom is 0.472 e. The Morgan fingerprint density at radius 3 is 1.62 bits per heavy atom. The fraction of sp³-hybridized carbons (Fsp3) is 0.765. The fourth-order valence-electron chi connectivity index (χ4n) is 6.72. The molecule has 0 spiro atoms. The number of hydrogen-bond donors (Lipinski definition) is 6. The average molecular weight is 943 g/mol. The second-order valence-corrected chi connectivity index (χ2v) is 18.7. The minimum atomic E-state index is -4.71. The highest BCUT2D eigenvalue weighted by Crippen LogP contribution is 2.43. The van der Waals surface area contributed by atoms with Gasteiger partial charge in [-0.05, 0) is 38.0 Å². The molecule has 0 aromatic heterocycles. The predicted molar refractivity (Wildman–Crippen MR) is 260 cm³/mol. The van der Waals surface area contributed by atoms with Crippen LogP contribution in [0, 0.1) is 5.92 Å². The van der Waals surface area contributed by atoms with Gasteiger partial charge in [0.05, 0.1) is 38.1 Å². The van der Waals surface area contributed by atoms with Crippen molar-refractivity contribution >= 4 is 19.8 Å². The van der Waals surface area contributed by atoms with Gasteiger partial charge in [0, 0.05) is 12.8 Å². The Bertz CT molecular complexity index is 1330. The Morgan fingerprint density at radius 2 is 1.08 bits per heavy atom. The summed E-state index contributed by atoms with van der Waals surface area (Å²) in [7, 11) is -4.71. The van der Waals surface area contributed by atoms with E-state index in [1.54, 1.807) is 42.5 Å². The highest BCUT2D eigenvalue weighted by molar-refractivity contribution is 7.47. The number of ether oxygens (including phenoxy) is 2. The lowest BCUT2D eigenvalue weighted by Gasteiger charge is -2.20. The third-order valence-corrected chi connectivity index (χ3v) is 12.0. The lowest BCUT2D eigenvalue weighted by atomic mass is 9.99. The van der Waals surface area contributed by atoms with Crippen molar-refractivity contribution in [1.29, 1.82) is 0 Å². The van der Waals surface area contributed by atoms with Gasteiger partial charge < -0.3 is 39.9 Å². The molecule has 13 nitrogen and oxygen atoms in total. The Kier molecular flexibility index (Phi) is 42.4. The summed E-state index contributed by atoms with van der Waals surface area (Å²) in [6.45, 7) is 4.20. The van der Waals surface area contributed by atoms with E-state index in [1.165, 1.54) is 109 Å². The van der Waals surface area contributed by atoms with E-state index in [0.29, 0.717) is 12.8 Å². The van der Waals surface area contributed by atoms with E-state index in [0.717, 1.165) is 31.6 Å². The van der Waals surface area contributed by atoms with Gasteiger partial charge in [0.15, 0.2) is 6.10 Å². The summed E-state index contributed by atoms with van der Waals surface area (Å²) in [4.78, 5) is 35.2. The molecule has 0 aromatic carbocycles. The number of rotatable bonds is 45. The van der Waals surface area contributed by atoms with Crippen molar-refractivity contribution in [3.05, 3.63) is 60.8 Å². The molecule has 0 aliphatic heterocycles. The van der Waals surface area contributed by atoms with Crippen LogP contribution in [-0.4, -0.2) is 99.3 Å². The average Bonchev–Trinajstić information content (AvgIpc) is 3.29. The molecule has 65 heavy (non-hydrogen) atoms. The summed E-state index contributed by atoms with van der Waals surface area (Å²) in [5, 5.41) is 48.8. The summed E-state index contributed by atoms with van der Waals surface area (Å²) >= 11 is 0. The molecule has 0 rings (SSSR count). The molecule has 0 aliphatic carbocycles. The van der Waals surface area contributed by atoms with Crippen molar-refractivity contribution in [2.45, 2.75) is 218 Å². The minimum Gasteiger partial charge on any atom is -0.462 e. The Labute approximate surface area is 393 Å². The molecule has 0 aromatic rings. The Hall–Kier alpha value is -2.45. The lowest BCUT2D eigenvalue weighted by molar-refractivity contribution is -0.161. The molecule has 6 N–H and O–H groups in total. The van der Waals surface area contributed by atoms with Gasteiger partial charge in [-0.25, -0.2) is 4.57 Å². The molecular formula is C51H91O13P. The molecule has 0 aliphatic rings. The number of allylic oxidation sites excluding steroid dienone is 7. The quantitative estimate of drug-likeness (QED) is 0.0111. The standard InChI is InChI=1S/C51H91O13P/c1-4-6-27-34-45(53)35-29-24-21-22-25-30-36-48(55)49(56)37-32-39-50(57)61-42-47(43-63-65(59,60)62-41-46(54)40-52)64-51(58)38-31-26-20-18-16-14-12-10-8-7-9-11-13-15-17-19-23-28-33-44(3)5-2/h6,21-22,24-25,27,29-30,35-36,44-49,52-56H,4-5,7-20,23,26,28,31-34,37-43H2,1-3H3,(H,59,60)/b24-21+,25-22-,27-6-,35-29+,36-30-/t44?,45-,46+,47-,48+,49+/m1/s1. The van der Waals surface area contributed by atoms with Crippen LogP contribution in [-0.2, 0) is 32.7 Å². The van der Waals surface area contributed by atoms with Crippen LogP contribution in [0.1, 0.15) is 188 Å². The van der Waals surface area contributed by atoms with Crippen molar-refractivity contribution in [1.82, 2.24) is 0 Å². The van der Waals surface area contributed by atoms with E-state index in [4.69, 9.17) is 19.1 Å². The van der Waals surface area contributed by atoms with Crippen molar-refractivity contribution in [3.8, 4) is 0 Å². The predicted octanol–water partition coefficient (Wildman–Crippen LogP) is 10.6. The molecule has 0 radical (unpaired) electrons. The number of phosphoric ester groups is 1. The number of carbonyl (C=O) groups is 2. The topological polar surface area (TPSA) is 210 Å². The summed E-state index contributed by atoms with van der Waals surface area (Å²) in [6, 6.07) is 0. The number of esters is 2. The van der Waals surface area contributed by atoms with Crippen LogP contribution in [0.15, 0.2) is 60.8 Å². The number of unbranched alkanes of at least 4 members (excludes halogenated alkanes) is 17. The highest BCUT2D eigenvalue weighted by atomic mass is 31.2. The number of phosphoric acid groups is 1. The number of aliphatic hydroxyl groups is 5. The number of hydrogen-bond acceptors (Lipinski definition) is 12. The first kappa shape index (κ1) is 62.5. The van der Waals surface area contributed by atoms with Crippen LogP contribution in [0.5, 0.6) is 0 Å². The zero-order valence-corrected chi connectivity index (χ0v) is 41.3. The highest BCUT2D eigenvalue weighted by Gasteiger charge is 2.27. The zero-order chi connectivity index (χ0) is 48.2. The third kappa shape index (κ3) is 42.6. The van der Waals surface area contributed by atoms with E-state index in [1.807, 2.05) is 19.1 Å². The first-order chi connectivity index (χ1) is 31.3. The molecule has 2 unspecified atom stereocenters. The molecular weight excluding hydrogens is 852 g/mol. The molecule has 378 valence electrons. The number of carbonyl (C=O) groups excluding carboxylic acids is 2. The number of aliphatic hydroxyl groups excluding tert-OH is 5. The molecule has 7 atom stereocenters. The van der Waals surface area contributed by atoms with Gasteiger partial charge in [0.1, 0.15) is 12.7 Å². The second-order valence-electron chi connectivity index (χ2n) is 17.3. The third-order valence-electron chi connectivity index (χ3n) is 11.1. The normalized spacial score (nSPS) is 16.1. The monoisotopic (exact) mass is 943 g/mol. The van der Waals surface area contributed by atoms with Crippen LogP contribution in [0.4, 0.5) is 0 Å². The molecule has 0 saturated carbocycles. The molecule has 14 heteroatoms. The van der Waals surface area contributed by atoms with E-state index in [2.05, 4.69) is 18.4 Å². The van der Waals surface area contributed by atoms with Gasteiger partial charge in [-0.2, -0.15) is 0 Å². The summed E-state index contributed by atoms with van der Waals surface area (Å²) < 4.78 is 32.6. The van der Waals surface area contributed by atoms with Crippen LogP contribution >= 0.6 is 7.82 Å². The minimum absolute atomic E-state index is 0.0935. The maximum atomic E-state index is 12.7. The van der Waals surface area contributed by atoms with E-state index < -0.39 is 76.7 Å². The maximum absolute atomic E-state index is 12.7. The van der Waals surface area contributed by atoms with Crippen LogP contribution in [0.3, 0.4) is 0 Å². The summed E-state index contributed by atoms with van der Waals surface area (Å²) in [6.07, 6.45) is 38.4. The van der Waals surface area contributed by atoms with Crippen molar-refractivity contribution in [2.24, 2.45) is 5.92 Å². The molecule has 0 amide bonds. The SMILES string of the molecule is CC/C=C\C[C@@H](O)/C=C/C=C/C=C\C=C/[C@H](O)[C@@H](O)CCCC(=O)OC[C@H](COP(=O)(O)OC[C@@H](O)CO)OC(=O)CCCCCCCCCCCCCCCCCCCCC(C)CC. The van der Waals surface area contributed by atoms with E-state index in [9.17, 15) is 39.5 Å². The molecule has 0 heterocycles. The van der Waals surface area contributed by atoms with Crippen LogP contribution in [0.25, 0.3) is 0 Å². The van der Waals surface area contributed by atoms with Gasteiger partial charge in [0.25, 0.3) is 0 Å². The largest absolute Gasteiger partial charge is 0.472 e. The smallest absolute Gasteiger partial charge is 0.462 e. The summed E-state index contributed by atoms with van der Waals surface area (Å²) in [5.41, 5.74) is 0. The fourth-order valence-corrected chi connectivity index (χ4v) is 7.51. The second kappa shape index (κ2) is 44.1. The van der Waals surface area contributed by atoms with Gasteiger partial charge in [-0.15, -0.1) is 0 Å². The van der Waals surface area contributed by atoms with Gasteiger partial charge in [-0.3, -0.25) is 18.6 Å². The Balaban J connectivity index is 4.45. The van der Waals surface area contributed by atoms with E-state index in [-0.39, 0.29) is 25.7 Å². The van der Waals surface area contributed by atoms with E-state index >= 15 is 0 Å². The van der Waals surface area contributed by atoms with Crippen LogP contribution < -0.4 is 0 Å². The molecule has 0 bridgehead atoms. The molecule has 0 saturated heterocycles. The van der Waals surface area contributed by atoms with Gasteiger partial charge in [0.2, 0.25) is 0 Å². The van der Waals surface area contributed by atoms with Gasteiger partial charge >= 0.3 is 19.8 Å². The Morgan fingerprint density at radius 1 is 0.585 bits per heavy atom. The van der Waals surface area contributed by atoms with Crippen LogP contribution in [0.2, 0.25) is 0 Å². The first-order valence-electron chi connectivity index (χ1n) is 25.0. The first-order valence-corrected chi connectivity index (χ1v) is 26.5. The van der Waals surface area contributed by atoms with Crippen molar-refractivity contribution < 1.29 is 63.1 Å². The van der Waals surface area contributed by atoms with Gasteiger partial charge in [-0.1, -0.05) is 204 Å². The lowest BCUT2D eigenvalue weighted by Crippen LogP contribution is -2.30. The summed E-state index contributed by atoms with van der Waals surface area (Å²) in [5.74, 6) is -0.375.